The van der Waals surface area contributed by atoms with E-state index < -0.39 is 0 Å². The second-order valence-electron chi connectivity index (χ2n) is 4.04. The number of ether oxygens (including phenoxy) is 1. The molecule has 0 saturated heterocycles. The van der Waals surface area contributed by atoms with Crippen molar-refractivity contribution < 1.29 is 14.6 Å². The summed E-state index contributed by atoms with van der Waals surface area (Å²) in [5.41, 5.74) is 1.71. The van der Waals surface area contributed by atoms with Gasteiger partial charge in [0.15, 0.2) is 6.61 Å². The molecule has 5 heteroatoms. The summed E-state index contributed by atoms with van der Waals surface area (Å²) in [6.45, 7) is 0.742. The molecule has 1 heterocycles. The lowest BCUT2D eigenvalue weighted by Gasteiger charge is -2.28. The molecule has 1 aliphatic heterocycles. The van der Waals surface area contributed by atoms with Crippen molar-refractivity contribution in [1.29, 1.82) is 0 Å². The quantitative estimate of drug-likeness (QED) is 0.829. The number of aliphatic hydroxyl groups excluding tert-OH is 1. The molecule has 1 amide bonds. The van der Waals surface area contributed by atoms with E-state index in [9.17, 15) is 4.79 Å². The number of hydrogen-bond donors (Lipinski definition) is 1. The zero-order valence-electron chi connectivity index (χ0n) is 10.0. The van der Waals surface area contributed by atoms with Crippen LogP contribution in [0.3, 0.4) is 0 Å². The predicted octanol–water partition coefficient (Wildman–Crippen LogP) is 0.470. The van der Waals surface area contributed by atoms with E-state index in [0.29, 0.717) is 12.3 Å². The van der Waals surface area contributed by atoms with Crippen LogP contribution in [0.2, 0.25) is 0 Å². The number of anilines is 2. The fourth-order valence-corrected chi connectivity index (χ4v) is 1.78. The van der Waals surface area contributed by atoms with Crippen LogP contribution in [0.25, 0.3) is 0 Å². The fraction of sp³-hybridized carbons (Fsp3) is 0.417. The SMILES string of the molecule is CN(CCO)c1ccc2c(c1)N(C)C(=O)CO2. The van der Waals surface area contributed by atoms with Crippen molar-refractivity contribution in [3.8, 4) is 5.75 Å². The van der Waals surface area contributed by atoms with Crippen LogP contribution in [-0.2, 0) is 4.79 Å². The van der Waals surface area contributed by atoms with Crippen LogP contribution < -0.4 is 14.5 Å². The van der Waals surface area contributed by atoms with Gasteiger partial charge in [-0.1, -0.05) is 0 Å². The molecule has 92 valence electrons. The first-order valence-corrected chi connectivity index (χ1v) is 5.49. The summed E-state index contributed by atoms with van der Waals surface area (Å²) in [6.07, 6.45) is 0. The largest absolute Gasteiger partial charge is 0.482 e. The van der Waals surface area contributed by atoms with E-state index in [1.54, 1.807) is 11.9 Å². The molecule has 1 aliphatic rings. The number of carbonyl (C=O) groups excluding carboxylic acids is 1. The Labute approximate surface area is 100 Å². The Morgan fingerprint density at radius 1 is 1.53 bits per heavy atom. The summed E-state index contributed by atoms with van der Waals surface area (Å²) in [4.78, 5) is 15.0. The average Bonchev–Trinajstić information content (AvgIpc) is 2.34. The smallest absolute Gasteiger partial charge is 0.264 e. The third-order valence-electron chi connectivity index (χ3n) is 2.91. The van der Waals surface area contributed by atoms with Gasteiger partial charge in [-0.2, -0.15) is 0 Å². The molecular formula is C12H16N2O3. The number of amides is 1. The molecule has 5 nitrogen and oxygen atoms in total. The second-order valence-corrected chi connectivity index (χ2v) is 4.04. The number of benzene rings is 1. The van der Waals surface area contributed by atoms with Gasteiger partial charge in [-0.25, -0.2) is 0 Å². The molecule has 1 N–H and O–H groups in total. The number of hydrogen-bond acceptors (Lipinski definition) is 4. The Bertz CT molecular complexity index is 434. The topological polar surface area (TPSA) is 53.0 Å². The van der Waals surface area contributed by atoms with Crippen molar-refractivity contribution in [3.63, 3.8) is 0 Å². The van der Waals surface area contributed by atoms with Crippen LogP contribution in [0.4, 0.5) is 11.4 Å². The Kier molecular flexibility index (Phi) is 3.19. The fourth-order valence-electron chi connectivity index (χ4n) is 1.78. The summed E-state index contributed by atoms with van der Waals surface area (Å²) in [5.74, 6) is 0.660. The molecule has 0 spiro atoms. The van der Waals surface area contributed by atoms with Crippen LogP contribution in [0.1, 0.15) is 0 Å². The van der Waals surface area contributed by atoms with Gasteiger partial charge in [0.1, 0.15) is 5.75 Å². The first-order chi connectivity index (χ1) is 8.13. The van der Waals surface area contributed by atoms with Gasteiger partial charge in [-0.05, 0) is 18.2 Å². The van der Waals surface area contributed by atoms with Crippen molar-refractivity contribution in [1.82, 2.24) is 0 Å². The first kappa shape index (κ1) is 11.7. The van der Waals surface area contributed by atoms with E-state index >= 15 is 0 Å². The maximum Gasteiger partial charge on any atom is 0.264 e. The molecular weight excluding hydrogens is 220 g/mol. The van der Waals surface area contributed by atoms with Gasteiger partial charge in [-0.3, -0.25) is 4.79 Å². The average molecular weight is 236 g/mol. The number of likely N-dealkylation sites (N-methyl/N-ethyl adjacent to an activating group) is 2. The Morgan fingerprint density at radius 2 is 2.29 bits per heavy atom. The summed E-state index contributed by atoms with van der Waals surface area (Å²) < 4.78 is 5.34. The molecule has 0 radical (unpaired) electrons. The van der Waals surface area contributed by atoms with Gasteiger partial charge in [0.05, 0.1) is 12.3 Å². The highest BCUT2D eigenvalue weighted by Gasteiger charge is 2.22. The van der Waals surface area contributed by atoms with E-state index in [4.69, 9.17) is 9.84 Å². The first-order valence-electron chi connectivity index (χ1n) is 5.49. The second kappa shape index (κ2) is 4.63. The molecule has 1 aromatic rings. The van der Waals surface area contributed by atoms with Crippen molar-refractivity contribution >= 4 is 17.3 Å². The monoisotopic (exact) mass is 236 g/mol. The maximum atomic E-state index is 11.5. The van der Waals surface area contributed by atoms with Crippen LogP contribution in [0.5, 0.6) is 5.75 Å². The van der Waals surface area contributed by atoms with Gasteiger partial charge < -0.3 is 19.6 Å². The minimum absolute atomic E-state index is 0.0561. The molecule has 0 aliphatic carbocycles. The van der Waals surface area contributed by atoms with Gasteiger partial charge in [0.25, 0.3) is 5.91 Å². The Morgan fingerprint density at radius 3 is 3.00 bits per heavy atom. The molecule has 1 aromatic carbocycles. The lowest BCUT2D eigenvalue weighted by Crippen LogP contribution is -2.35. The summed E-state index contributed by atoms with van der Waals surface area (Å²) in [5, 5.41) is 8.90. The van der Waals surface area contributed by atoms with Crippen LogP contribution >= 0.6 is 0 Å². The molecule has 2 rings (SSSR count). The van der Waals surface area contributed by atoms with Crippen molar-refractivity contribution in [3.05, 3.63) is 18.2 Å². The van der Waals surface area contributed by atoms with Gasteiger partial charge in [0, 0.05) is 26.3 Å². The highest BCUT2D eigenvalue weighted by Crippen LogP contribution is 2.34. The molecule has 0 saturated carbocycles. The molecule has 0 atom stereocenters. The van der Waals surface area contributed by atoms with Crippen LogP contribution in [0, 0.1) is 0 Å². The minimum atomic E-state index is -0.0561. The van der Waals surface area contributed by atoms with Crippen molar-refractivity contribution in [2.24, 2.45) is 0 Å². The van der Waals surface area contributed by atoms with Crippen molar-refractivity contribution in [2.75, 3.05) is 43.7 Å². The molecule has 0 fully saturated rings. The summed E-state index contributed by atoms with van der Waals surface area (Å²) in [6, 6.07) is 5.65. The highest BCUT2D eigenvalue weighted by molar-refractivity contribution is 5.97. The number of nitrogens with zero attached hydrogens (tertiary/aromatic N) is 2. The molecule has 0 aromatic heterocycles. The molecule has 0 bridgehead atoms. The van der Waals surface area contributed by atoms with Gasteiger partial charge in [-0.15, -0.1) is 0 Å². The van der Waals surface area contributed by atoms with Crippen molar-refractivity contribution in [2.45, 2.75) is 0 Å². The number of fused-ring (bicyclic) bond motifs is 1. The Hall–Kier alpha value is -1.75. The lowest BCUT2D eigenvalue weighted by molar-refractivity contribution is -0.120. The van der Waals surface area contributed by atoms with Crippen LogP contribution in [-0.4, -0.2) is 44.9 Å². The van der Waals surface area contributed by atoms with E-state index in [2.05, 4.69) is 0 Å². The number of rotatable bonds is 3. The number of aliphatic hydroxyl groups is 1. The zero-order chi connectivity index (χ0) is 12.4. The zero-order valence-corrected chi connectivity index (χ0v) is 10.0. The van der Waals surface area contributed by atoms with Gasteiger partial charge in [0.2, 0.25) is 0 Å². The van der Waals surface area contributed by atoms with E-state index in [0.717, 1.165) is 11.4 Å². The van der Waals surface area contributed by atoms with Crippen LogP contribution in [0.15, 0.2) is 18.2 Å². The maximum absolute atomic E-state index is 11.5. The number of carbonyl (C=O) groups is 1. The standard InChI is InChI=1S/C12H16N2O3/c1-13(5-6-15)9-3-4-11-10(7-9)14(2)12(16)8-17-11/h3-4,7,15H,5-6,8H2,1-2H3. The third kappa shape index (κ3) is 2.19. The normalized spacial score (nSPS) is 14.3. The molecule has 0 unspecified atom stereocenters. The lowest BCUT2D eigenvalue weighted by atomic mass is 10.2. The highest BCUT2D eigenvalue weighted by atomic mass is 16.5. The predicted molar refractivity (Wildman–Crippen MR) is 65.7 cm³/mol. The minimum Gasteiger partial charge on any atom is -0.482 e. The van der Waals surface area contributed by atoms with E-state index in [1.165, 1.54) is 0 Å². The third-order valence-corrected chi connectivity index (χ3v) is 2.91. The van der Waals surface area contributed by atoms with Gasteiger partial charge >= 0.3 is 0 Å². The molecule has 17 heavy (non-hydrogen) atoms. The summed E-state index contributed by atoms with van der Waals surface area (Å²) >= 11 is 0. The van der Waals surface area contributed by atoms with E-state index in [-0.39, 0.29) is 19.1 Å². The Balaban J connectivity index is 2.32. The summed E-state index contributed by atoms with van der Waals surface area (Å²) in [7, 11) is 3.63. The van der Waals surface area contributed by atoms with E-state index in [1.807, 2.05) is 30.1 Å².